The maximum Gasteiger partial charge on any atom is 0.405 e. The second-order valence-electron chi connectivity index (χ2n) is 9.11. The molecule has 32 heavy (non-hydrogen) atoms. The van der Waals surface area contributed by atoms with Gasteiger partial charge in [-0.25, -0.2) is 9.18 Å². The van der Waals surface area contributed by atoms with Crippen LogP contribution in [0, 0.1) is 23.1 Å². The van der Waals surface area contributed by atoms with Crippen molar-refractivity contribution in [2.24, 2.45) is 13.0 Å². The number of carbonyl (C=O) groups excluding carboxylic acids is 1. The molecule has 3 aliphatic rings. The molecule has 1 aromatic heterocycles. The smallest absolute Gasteiger partial charge is 0.405 e. The fraction of sp³-hybridized carbons (Fsp3) is 0.542. The van der Waals surface area contributed by atoms with Crippen molar-refractivity contribution in [2.75, 3.05) is 6.54 Å². The Morgan fingerprint density at radius 3 is 2.56 bits per heavy atom. The van der Waals surface area contributed by atoms with Gasteiger partial charge in [-0.15, -0.1) is 0 Å². The highest BCUT2D eigenvalue weighted by atomic mass is 19.1. The quantitative estimate of drug-likeness (QED) is 0.735. The summed E-state index contributed by atoms with van der Waals surface area (Å²) in [5.74, 6) is 0.308. The molecule has 0 bridgehead atoms. The van der Waals surface area contributed by atoms with E-state index in [4.69, 9.17) is 10.4 Å². The number of rotatable bonds is 2. The minimum Gasteiger partial charge on any atom is -0.465 e. The average Bonchev–Trinajstić information content (AvgIpc) is 3.52. The molecule has 7 nitrogen and oxygen atoms in total. The van der Waals surface area contributed by atoms with Gasteiger partial charge in [0.25, 0.3) is 0 Å². The maximum absolute atomic E-state index is 13.7. The first-order chi connectivity index (χ1) is 15.3. The Morgan fingerprint density at radius 1 is 1.25 bits per heavy atom. The molecule has 0 unspecified atom stereocenters. The Bertz CT molecular complexity index is 1080. The minimum atomic E-state index is -1.12. The van der Waals surface area contributed by atoms with Crippen LogP contribution in [0.3, 0.4) is 0 Å². The van der Waals surface area contributed by atoms with Gasteiger partial charge < -0.3 is 19.9 Å². The summed E-state index contributed by atoms with van der Waals surface area (Å²) in [5, 5.41) is 19.6. The third-order valence-electron chi connectivity index (χ3n) is 6.94. The highest BCUT2D eigenvalue weighted by Crippen LogP contribution is 2.34. The molecular formula is C24H29FN4O3. The number of carboxylic acid groups (broad SMARTS) is 1. The monoisotopic (exact) mass is 440 g/mol. The highest BCUT2D eigenvalue weighted by Gasteiger charge is 2.44. The molecule has 0 spiro atoms. The predicted octanol–water partition coefficient (Wildman–Crippen LogP) is 4.09. The Labute approximate surface area is 186 Å². The second-order valence-corrected chi connectivity index (χ2v) is 9.11. The van der Waals surface area contributed by atoms with Crippen molar-refractivity contribution in [1.82, 2.24) is 14.8 Å². The molecule has 2 N–H and O–H groups in total. The summed E-state index contributed by atoms with van der Waals surface area (Å²) >= 11 is 0. The van der Waals surface area contributed by atoms with Gasteiger partial charge in [-0.05, 0) is 43.9 Å². The van der Waals surface area contributed by atoms with Gasteiger partial charge >= 0.3 is 6.09 Å². The molecular weight excluding hydrogens is 411 g/mol. The van der Waals surface area contributed by atoms with Crippen molar-refractivity contribution in [3.63, 3.8) is 0 Å². The first-order valence-electron chi connectivity index (χ1n) is 11.3. The standard InChI is InChI=1S/C19H23FN2O.C5H6N2O2/c1-21-17-8-7-14(20)11-15(17)16-12-22(10-9-18(16)21)19(23)13-5-3-2-4-6-13;6-3-5(1-2-5)7-4(8)9/h7-8,11,13H,2-6,9-10,12H2,1H3;7H,1-2H2,(H,8,9). The molecule has 2 aromatic rings. The van der Waals surface area contributed by atoms with Crippen LogP contribution in [0.15, 0.2) is 18.2 Å². The lowest BCUT2D eigenvalue weighted by molar-refractivity contribution is -0.137. The lowest BCUT2D eigenvalue weighted by Gasteiger charge is -2.32. The molecule has 2 fully saturated rings. The topological polar surface area (TPSA) is 98.4 Å². The number of nitrogens with zero attached hydrogens (tertiary/aromatic N) is 3. The molecule has 170 valence electrons. The van der Waals surface area contributed by atoms with E-state index in [-0.39, 0.29) is 11.7 Å². The number of halogens is 1. The number of hydrogen-bond donors (Lipinski definition) is 2. The molecule has 0 radical (unpaired) electrons. The maximum atomic E-state index is 13.7. The van der Waals surface area contributed by atoms with E-state index in [1.54, 1.807) is 6.07 Å². The summed E-state index contributed by atoms with van der Waals surface area (Å²) < 4.78 is 15.8. The molecule has 2 heterocycles. The lowest BCUT2D eigenvalue weighted by atomic mass is 9.87. The molecule has 0 atom stereocenters. The van der Waals surface area contributed by atoms with Crippen LogP contribution in [0.25, 0.3) is 10.9 Å². The van der Waals surface area contributed by atoms with Crippen molar-refractivity contribution >= 4 is 22.9 Å². The lowest BCUT2D eigenvalue weighted by Crippen LogP contribution is -2.40. The van der Waals surface area contributed by atoms with E-state index < -0.39 is 11.6 Å². The van der Waals surface area contributed by atoms with E-state index in [2.05, 4.69) is 9.88 Å². The first kappa shape index (κ1) is 22.1. The van der Waals surface area contributed by atoms with Crippen LogP contribution in [0.2, 0.25) is 0 Å². The van der Waals surface area contributed by atoms with Crippen LogP contribution in [0.5, 0.6) is 0 Å². The number of aryl methyl sites for hydroxylation is 1. The molecule has 8 heteroatoms. The number of nitriles is 1. The molecule has 0 saturated heterocycles. The summed E-state index contributed by atoms with van der Waals surface area (Å²) in [6.45, 7) is 1.42. The minimum absolute atomic E-state index is 0.206. The number of hydrogen-bond acceptors (Lipinski definition) is 3. The molecule has 1 aliphatic heterocycles. The van der Waals surface area contributed by atoms with Crippen LogP contribution in [-0.2, 0) is 24.8 Å². The van der Waals surface area contributed by atoms with E-state index >= 15 is 0 Å². The van der Waals surface area contributed by atoms with Crippen LogP contribution in [0.4, 0.5) is 9.18 Å². The number of carbonyl (C=O) groups is 2. The van der Waals surface area contributed by atoms with Crippen LogP contribution in [0.1, 0.15) is 56.2 Å². The van der Waals surface area contributed by atoms with E-state index in [1.807, 2.05) is 24.1 Å². The summed E-state index contributed by atoms with van der Waals surface area (Å²) in [6.07, 6.45) is 6.72. The third-order valence-corrected chi connectivity index (χ3v) is 6.94. The zero-order valence-corrected chi connectivity index (χ0v) is 18.4. The van der Waals surface area contributed by atoms with Gasteiger partial charge in [-0.3, -0.25) is 4.79 Å². The second kappa shape index (κ2) is 8.81. The first-order valence-corrected chi connectivity index (χ1v) is 11.3. The van der Waals surface area contributed by atoms with Crippen molar-refractivity contribution < 1.29 is 19.1 Å². The van der Waals surface area contributed by atoms with Crippen molar-refractivity contribution in [3.05, 3.63) is 35.3 Å². The van der Waals surface area contributed by atoms with Gasteiger partial charge in [-0.2, -0.15) is 5.26 Å². The van der Waals surface area contributed by atoms with Gasteiger partial charge in [0, 0.05) is 54.6 Å². The van der Waals surface area contributed by atoms with Gasteiger partial charge in [0.05, 0.1) is 6.07 Å². The van der Waals surface area contributed by atoms with Gasteiger partial charge in [-0.1, -0.05) is 19.3 Å². The summed E-state index contributed by atoms with van der Waals surface area (Å²) in [5.41, 5.74) is 2.71. The van der Waals surface area contributed by atoms with Gasteiger partial charge in [0.1, 0.15) is 11.4 Å². The molecule has 1 aromatic carbocycles. The van der Waals surface area contributed by atoms with E-state index in [1.165, 1.54) is 31.0 Å². The zero-order valence-electron chi connectivity index (χ0n) is 18.4. The van der Waals surface area contributed by atoms with Gasteiger partial charge in [0.2, 0.25) is 5.91 Å². The van der Waals surface area contributed by atoms with Crippen LogP contribution in [-0.4, -0.2) is 38.7 Å². The zero-order chi connectivity index (χ0) is 22.9. The van der Waals surface area contributed by atoms with E-state index in [0.29, 0.717) is 25.3 Å². The van der Waals surface area contributed by atoms with Gasteiger partial charge in [0.15, 0.2) is 0 Å². The SMILES string of the molecule is Cn1c2c(c3cc(F)ccc31)CN(C(=O)C1CCCCC1)CC2.N#CC1(NC(=O)O)CC1. The number of aromatic nitrogens is 1. The fourth-order valence-electron chi connectivity index (χ4n) is 4.94. The van der Waals surface area contributed by atoms with Crippen LogP contribution < -0.4 is 5.32 Å². The Hall–Kier alpha value is -3.08. The predicted molar refractivity (Wildman–Crippen MR) is 117 cm³/mol. The Balaban J connectivity index is 0.000000230. The molecule has 5 rings (SSSR count). The summed E-state index contributed by atoms with van der Waals surface area (Å²) in [7, 11) is 2.04. The summed E-state index contributed by atoms with van der Waals surface area (Å²) in [4.78, 5) is 24.8. The van der Waals surface area contributed by atoms with E-state index in [0.717, 1.165) is 42.3 Å². The number of benzene rings is 1. The van der Waals surface area contributed by atoms with Crippen molar-refractivity contribution in [1.29, 1.82) is 5.26 Å². The number of fused-ring (bicyclic) bond motifs is 3. The van der Waals surface area contributed by atoms with E-state index in [9.17, 15) is 14.0 Å². The Morgan fingerprint density at radius 2 is 1.97 bits per heavy atom. The van der Waals surface area contributed by atoms with Crippen molar-refractivity contribution in [3.8, 4) is 6.07 Å². The molecule has 2 aliphatic carbocycles. The largest absolute Gasteiger partial charge is 0.465 e. The Kier molecular flexibility index (Phi) is 6.09. The normalized spacial score (nSPS) is 19.3. The molecule has 2 saturated carbocycles. The number of amides is 2. The highest BCUT2D eigenvalue weighted by molar-refractivity contribution is 5.87. The van der Waals surface area contributed by atoms with Crippen LogP contribution >= 0.6 is 0 Å². The fourth-order valence-corrected chi connectivity index (χ4v) is 4.94. The molecule has 2 amide bonds. The average molecular weight is 441 g/mol. The van der Waals surface area contributed by atoms with Crippen molar-refractivity contribution in [2.45, 2.75) is 63.5 Å². The third kappa shape index (κ3) is 4.43. The summed E-state index contributed by atoms with van der Waals surface area (Å²) in [6, 6.07) is 6.86. The number of nitrogens with one attached hydrogen (secondary N) is 1.